The van der Waals surface area contributed by atoms with E-state index in [4.69, 9.17) is 0 Å². The predicted molar refractivity (Wildman–Crippen MR) is 306 cm³/mol. The Kier molecular flexibility index (Phi) is 10.7. The van der Waals surface area contributed by atoms with E-state index in [0.717, 1.165) is 51.2 Å². The van der Waals surface area contributed by atoms with Gasteiger partial charge in [-0.15, -0.1) is 0 Å². The second-order valence-electron chi connectivity index (χ2n) is 19.0. The van der Waals surface area contributed by atoms with Crippen LogP contribution in [0.25, 0.3) is 44.5 Å². The normalized spacial score (nSPS) is 12.2. The monoisotopic (exact) mass is 919 g/mol. The first-order chi connectivity index (χ1) is 35.6. The summed E-state index contributed by atoms with van der Waals surface area (Å²) in [5.41, 5.74) is 25.9. The van der Waals surface area contributed by atoms with Crippen molar-refractivity contribution in [2.45, 2.75) is 13.8 Å². The molecule has 0 unspecified atom stereocenters. The molecule has 4 heteroatoms. The number of nitrogens with zero attached hydrogens (tertiary/aromatic N) is 3. The molecule has 2 heterocycles. The lowest BCUT2D eigenvalue weighted by Gasteiger charge is -2.45. The molecular formula is C68H50BN3. The zero-order valence-electron chi connectivity index (χ0n) is 40.3. The molecule has 0 spiro atoms. The van der Waals surface area contributed by atoms with Crippen LogP contribution in [0.15, 0.2) is 267 Å². The molecule has 13 rings (SSSR count). The van der Waals surface area contributed by atoms with Crippen molar-refractivity contribution in [2.75, 3.05) is 14.7 Å². The minimum Gasteiger partial charge on any atom is -0.311 e. The SMILES string of the molecule is Cc1ccccc1N(c1cc2c3c(c1)N(c1ccc(-c4ccccc4)cc1)c1ccc(-c4ccccc4)cc1B3c1cc(-c3ccccc3)ccc1N2c1ccc(-c2ccccc2)cc1)c1ccccc1C. The number of hydrogen-bond acceptors (Lipinski definition) is 3. The molecule has 0 fully saturated rings. The molecule has 11 aromatic rings. The van der Waals surface area contributed by atoms with Crippen molar-refractivity contribution >= 4 is 74.3 Å². The van der Waals surface area contributed by atoms with E-state index in [9.17, 15) is 0 Å². The molecule has 0 bridgehead atoms. The molecule has 2 aliphatic rings. The number of anilines is 9. The minimum atomic E-state index is -0.105. The first-order valence-corrected chi connectivity index (χ1v) is 24.9. The summed E-state index contributed by atoms with van der Waals surface area (Å²) in [4.78, 5) is 7.55. The van der Waals surface area contributed by atoms with Crippen LogP contribution in [-0.2, 0) is 0 Å². The Labute approximate surface area is 423 Å². The number of para-hydroxylation sites is 2. The molecule has 0 atom stereocenters. The third kappa shape index (κ3) is 7.48. The van der Waals surface area contributed by atoms with E-state index in [-0.39, 0.29) is 6.71 Å². The van der Waals surface area contributed by atoms with Crippen LogP contribution < -0.4 is 31.1 Å². The van der Waals surface area contributed by atoms with Gasteiger partial charge in [0.15, 0.2) is 0 Å². The smallest absolute Gasteiger partial charge is 0.252 e. The van der Waals surface area contributed by atoms with Crippen LogP contribution in [0.2, 0.25) is 0 Å². The topological polar surface area (TPSA) is 9.72 Å². The Morgan fingerprint density at radius 2 is 0.611 bits per heavy atom. The van der Waals surface area contributed by atoms with Crippen molar-refractivity contribution in [3.8, 4) is 44.5 Å². The maximum atomic E-state index is 2.54. The highest BCUT2D eigenvalue weighted by Gasteiger charge is 2.44. The molecule has 0 N–H and O–H groups in total. The third-order valence-electron chi connectivity index (χ3n) is 14.7. The summed E-state index contributed by atoms with van der Waals surface area (Å²) in [6, 6.07) is 98.2. The van der Waals surface area contributed by atoms with Crippen molar-refractivity contribution < 1.29 is 0 Å². The molecule has 0 aliphatic carbocycles. The zero-order chi connectivity index (χ0) is 48.1. The largest absolute Gasteiger partial charge is 0.311 e. The summed E-state index contributed by atoms with van der Waals surface area (Å²) < 4.78 is 0. The maximum absolute atomic E-state index is 2.54. The van der Waals surface area contributed by atoms with Crippen LogP contribution >= 0.6 is 0 Å². The van der Waals surface area contributed by atoms with Gasteiger partial charge in [-0.3, -0.25) is 0 Å². The second-order valence-corrected chi connectivity index (χ2v) is 19.0. The number of aryl methyl sites for hydroxylation is 2. The lowest BCUT2D eigenvalue weighted by molar-refractivity contribution is 1.20. The fraction of sp³-hybridized carbons (Fsp3) is 0.0294. The standard InChI is InChI=1S/C68H50BN3/c1-47-19-15-17-29-62(47)72(63-30-18-16-20-48(63)2)59-45-66-68-67(46-59)71(58-39-33-54(34-40-58)50-23-9-4-10-24-50)65-42-36-56(52-27-13-6-14-28-52)44-61(65)69(68)60-43-55(51-25-11-5-12-26-51)35-41-64(60)70(66)57-37-31-53(32-38-57)49-21-7-3-8-22-49/h3-46H,1-2H3. The number of hydrogen-bond donors (Lipinski definition) is 0. The lowest BCUT2D eigenvalue weighted by atomic mass is 9.33. The summed E-state index contributed by atoms with van der Waals surface area (Å²) >= 11 is 0. The van der Waals surface area contributed by atoms with E-state index in [1.54, 1.807) is 0 Å². The van der Waals surface area contributed by atoms with Gasteiger partial charge in [-0.05, 0) is 147 Å². The number of benzene rings is 11. The summed E-state index contributed by atoms with van der Waals surface area (Å²) in [5, 5.41) is 0. The van der Waals surface area contributed by atoms with Gasteiger partial charge in [-0.1, -0.05) is 206 Å². The van der Waals surface area contributed by atoms with Gasteiger partial charge < -0.3 is 14.7 Å². The molecule has 0 amide bonds. The minimum absolute atomic E-state index is 0.105. The highest BCUT2D eigenvalue weighted by Crippen LogP contribution is 2.49. The van der Waals surface area contributed by atoms with Crippen LogP contribution in [0.5, 0.6) is 0 Å². The van der Waals surface area contributed by atoms with Gasteiger partial charge in [0, 0.05) is 45.5 Å². The predicted octanol–water partition coefficient (Wildman–Crippen LogP) is 16.5. The first kappa shape index (κ1) is 42.9. The fourth-order valence-electron chi connectivity index (χ4n) is 11.2. The Hall–Kier alpha value is -9.12. The molecule has 72 heavy (non-hydrogen) atoms. The summed E-state index contributed by atoms with van der Waals surface area (Å²) in [7, 11) is 0. The molecule has 0 radical (unpaired) electrons. The van der Waals surface area contributed by atoms with Crippen molar-refractivity contribution in [1.29, 1.82) is 0 Å². The fourth-order valence-corrected chi connectivity index (χ4v) is 11.2. The Bertz CT molecular complexity index is 3520. The molecular weight excluding hydrogens is 870 g/mol. The van der Waals surface area contributed by atoms with Crippen molar-refractivity contribution in [3.05, 3.63) is 278 Å². The lowest BCUT2D eigenvalue weighted by Crippen LogP contribution is -2.61. The second kappa shape index (κ2) is 18.0. The van der Waals surface area contributed by atoms with Gasteiger partial charge in [0.1, 0.15) is 0 Å². The van der Waals surface area contributed by atoms with Crippen molar-refractivity contribution in [1.82, 2.24) is 0 Å². The van der Waals surface area contributed by atoms with E-state index >= 15 is 0 Å². The van der Waals surface area contributed by atoms with E-state index < -0.39 is 0 Å². The molecule has 0 saturated heterocycles. The van der Waals surface area contributed by atoms with Crippen molar-refractivity contribution in [2.24, 2.45) is 0 Å². The third-order valence-corrected chi connectivity index (χ3v) is 14.7. The molecule has 0 aromatic heterocycles. The van der Waals surface area contributed by atoms with Crippen LogP contribution in [0.4, 0.5) is 51.2 Å². The Balaban J connectivity index is 1.13. The Morgan fingerprint density at radius 3 is 0.986 bits per heavy atom. The van der Waals surface area contributed by atoms with Crippen LogP contribution in [0.3, 0.4) is 0 Å². The highest BCUT2D eigenvalue weighted by atomic mass is 15.2. The van der Waals surface area contributed by atoms with E-state index in [1.807, 2.05) is 0 Å². The van der Waals surface area contributed by atoms with Gasteiger partial charge in [0.2, 0.25) is 0 Å². The van der Waals surface area contributed by atoms with Gasteiger partial charge in [-0.2, -0.15) is 0 Å². The molecule has 3 nitrogen and oxygen atoms in total. The summed E-state index contributed by atoms with van der Waals surface area (Å²) in [5.74, 6) is 0. The summed E-state index contributed by atoms with van der Waals surface area (Å²) in [6.07, 6.45) is 0. The van der Waals surface area contributed by atoms with Crippen LogP contribution in [0, 0.1) is 13.8 Å². The molecule has 11 aromatic carbocycles. The Morgan fingerprint density at radius 1 is 0.292 bits per heavy atom. The maximum Gasteiger partial charge on any atom is 0.252 e. The highest BCUT2D eigenvalue weighted by molar-refractivity contribution is 7.00. The molecule has 340 valence electrons. The average molecular weight is 920 g/mol. The van der Waals surface area contributed by atoms with E-state index in [1.165, 1.54) is 72.0 Å². The van der Waals surface area contributed by atoms with E-state index in [0.29, 0.717) is 0 Å². The van der Waals surface area contributed by atoms with Crippen molar-refractivity contribution in [3.63, 3.8) is 0 Å². The van der Waals surface area contributed by atoms with Gasteiger partial charge in [0.05, 0.1) is 5.69 Å². The van der Waals surface area contributed by atoms with E-state index in [2.05, 4.69) is 295 Å². The first-order valence-electron chi connectivity index (χ1n) is 24.9. The number of rotatable bonds is 9. The molecule has 2 aliphatic heterocycles. The van der Waals surface area contributed by atoms with Gasteiger partial charge in [-0.25, -0.2) is 0 Å². The van der Waals surface area contributed by atoms with Crippen LogP contribution in [0.1, 0.15) is 11.1 Å². The van der Waals surface area contributed by atoms with Gasteiger partial charge >= 0.3 is 0 Å². The quantitative estimate of drug-likeness (QED) is 0.134. The number of fused-ring (bicyclic) bond motifs is 4. The summed E-state index contributed by atoms with van der Waals surface area (Å²) in [6.45, 7) is 4.34. The average Bonchev–Trinajstić information content (AvgIpc) is 3.45. The zero-order valence-corrected chi connectivity index (χ0v) is 40.3. The molecule has 0 saturated carbocycles. The van der Waals surface area contributed by atoms with Gasteiger partial charge in [0.25, 0.3) is 6.71 Å². The van der Waals surface area contributed by atoms with Crippen LogP contribution in [-0.4, -0.2) is 6.71 Å².